The highest BCUT2D eigenvalue weighted by atomic mass is 15.1. The summed E-state index contributed by atoms with van der Waals surface area (Å²) in [4.78, 5) is 2.25. The van der Waals surface area contributed by atoms with Crippen LogP contribution in [0, 0.1) is 11.8 Å². The third kappa shape index (κ3) is 5.66. The van der Waals surface area contributed by atoms with E-state index in [2.05, 4.69) is 44.2 Å². The minimum absolute atomic E-state index is 0.780. The van der Waals surface area contributed by atoms with Gasteiger partial charge in [0, 0.05) is 0 Å². The molecule has 0 radical (unpaired) electrons. The molecule has 0 saturated carbocycles. The summed E-state index contributed by atoms with van der Waals surface area (Å²) < 4.78 is 0. The van der Waals surface area contributed by atoms with Crippen molar-refractivity contribution in [2.45, 2.75) is 33.1 Å². The molecule has 2 atom stereocenters. The first kappa shape index (κ1) is 13.7. The summed E-state index contributed by atoms with van der Waals surface area (Å²) in [5.41, 5.74) is 1.58. The molecule has 2 heteroatoms. The molecule has 2 nitrogen and oxygen atoms in total. The summed E-state index contributed by atoms with van der Waals surface area (Å²) in [5.74, 6) is 1.64. The molecule has 1 rings (SSSR count). The van der Waals surface area contributed by atoms with Crippen molar-refractivity contribution >= 4 is 0 Å². The average molecular weight is 224 g/mol. The van der Waals surface area contributed by atoms with Crippen molar-refractivity contribution in [1.82, 2.24) is 10.2 Å². The van der Waals surface area contributed by atoms with Gasteiger partial charge in [-0.15, -0.1) is 0 Å². The fraction of sp³-hybridized carbons (Fsp3) is 0.857. The SMILES string of the molecule is CC1=CC(C)CC(CNCCCN(C)C)C1. The van der Waals surface area contributed by atoms with Gasteiger partial charge in [-0.25, -0.2) is 0 Å². The minimum Gasteiger partial charge on any atom is -0.316 e. The van der Waals surface area contributed by atoms with Crippen LogP contribution in [0.5, 0.6) is 0 Å². The molecule has 0 aromatic heterocycles. The van der Waals surface area contributed by atoms with E-state index in [0.717, 1.165) is 18.4 Å². The maximum atomic E-state index is 3.60. The quantitative estimate of drug-likeness (QED) is 0.551. The lowest BCUT2D eigenvalue weighted by Crippen LogP contribution is -2.28. The second-order valence-electron chi connectivity index (χ2n) is 5.66. The van der Waals surface area contributed by atoms with E-state index >= 15 is 0 Å². The Bertz CT molecular complexity index is 221. The first-order valence-corrected chi connectivity index (χ1v) is 6.60. The maximum absolute atomic E-state index is 3.60. The summed E-state index contributed by atoms with van der Waals surface area (Å²) >= 11 is 0. The fourth-order valence-electron chi connectivity index (χ4n) is 2.67. The number of nitrogens with one attached hydrogen (secondary N) is 1. The molecular weight excluding hydrogens is 196 g/mol. The van der Waals surface area contributed by atoms with Crippen molar-refractivity contribution in [2.24, 2.45) is 11.8 Å². The van der Waals surface area contributed by atoms with E-state index in [4.69, 9.17) is 0 Å². The maximum Gasteiger partial charge on any atom is -0.00127 e. The Hall–Kier alpha value is -0.340. The molecular formula is C14H28N2. The van der Waals surface area contributed by atoms with Crippen LogP contribution in [0.1, 0.15) is 33.1 Å². The molecule has 16 heavy (non-hydrogen) atoms. The van der Waals surface area contributed by atoms with E-state index in [9.17, 15) is 0 Å². The smallest absolute Gasteiger partial charge is 0.00127 e. The first-order valence-electron chi connectivity index (χ1n) is 6.60. The lowest BCUT2D eigenvalue weighted by molar-refractivity contribution is 0.363. The number of nitrogens with zero attached hydrogens (tertiary/aromatic N) is 1. The van der Waals surface area contributed by atoms with Gasteiger partial charge in [-0.1, -0.05) is 18.6 Å². The van der Waals surface area contributed by atoms with Crippen LogP contribution >= 0.6 is 0 Å². The zero-order valence-electron chi connectivity index (χ0n) is 11.4. The number of rotatable bonds is 6. The van der Waals surface area contributed by atoms with Gasteiger partial charge in [0.2, 0.25) is 0 Å². The summed E-state index contributed by atoms with van der Waals surface area (Å²) in [7, 11) is 4.27. The Morgan fingerprint density at radius 1 is 1.44 bits per heavy atom. The van der Waals surface area contributed by atoms with E-state index < -0.39 is 0 Å². The Kier molecular flexibility index (Phi) is 6.07. The van der Waals surface area contributed by atoms with Gasteiger partial charge in [-0.3, -0.25) is 0 Å². The first-order chi connectivity index (χ1) is 7.58. The molecule has 0 bridgehead atoms. The zero-order chi connectivity index (χ0) is 12.0. The molecule has 0 saturated heterocycles. The van der Waals surface area contributed by atoms with Crippen molar-refractivity contribution in [3.05, 3.63) is 11.6 Å². The molecule has 0 fully saturated rings. The van der Waals surface area contributed by atoms with Gasteiger partial charge < -0.3 is 10.2 Å². The predicted octanol–water partition coefficient (Wildman–Crippen LogP) is 2.52. The van der Waals surface area contributed by atoms with Gasteiger partial charge >= 0.3 is 0 Å². The second-order valence-corrected chi connectivity index (χ2v) is 5.66. The van der Waals surface area contributed by atoms with Crippen LogP contribution in [0.15, 0.2) is 11.6 Å². The van der Waals surface area contributed by atoms with E-state index in [0.29, 0.717) is 0 Å². The van der Waals surface area contributed by atoms with Crippen LogP contribution in [0.25, 0.3) is 0 Å². The highest BCUT2D eigenvalue weighted by Gasteiger charge is 2.17. The van der Waals surface area contributed by atoms with Crippen LogP contribution in [0.2, 0.25) is 0 Å². The highest BCUT2D eigenvalue weighted by Crippen LogP contribution is 2.27. The average Bonchev–Trinajstić information content (AvgIpc) is 2.15. The van der Waals surface area contributed by atoms with Gasteiger partial charge in [-0.2, -0.15) is 0 Å². The van der Waals surface area contributed by atoms with Crippen LogP contribution in [-0.2, 0) is 0 Å². The Balaban J connectivity index is 2.08. The molecule has 0 aromatic carbocycles. The normalized spacial score (nSPS) is 25.9. The molecule has 0 amide bonds. The Labute approximate surface area is 101 Å². The minimum atomic E-state index is 0.780. The Morgan fingerprint density at radius 2 is 2.19 bits per heavy atom. The van der Waals surface area contributed by atoms with Gasteiger partial charge in [-0.05, 0) is 71.8 Å². The predicted molar refractivity (Wildman–Crippen MR) is 71.7 cm³/mol. The fourth-order valence-corrected chi connectivity index (χ4v) is 2.67. The van der Waals surface area contributed by atoms with Gasteiger partial charge in [0.15, 0.2) is 0 Å². The van der Waals surface area contributed by atoms with Crippen LogP contribution < -0.4 is 5.32 Å². The zero-order valence-corrected chi connectivity index (χ0v) is 11.4. The molecule has 0 aliphatic heterocycles. The van der Waals surface area contributed by atoms with Gasteiger partial charge in [0.25, 0.3) is 0 Å². The van der Waals surface area contributed by atoms with Crippen molar-refractivity contribution in [3.8, 4) is 0 Å². The van der Waals surface area contributed by atoms with Gasteiger partial charge in [0.1, 0.15) is 0 Å². The van der Waals surface area contributed by atoms with Crippen molar-refractivity contribution in [3.63, 3.8) is 0 Å². The van der Waals surface area contributed by atoms with Crippen molar-refractivity contribution in [1.29, 1.82) is 0 Å². The third-order valence-corrected chi connectivity index (χ3v) is 3.28. The number of hydrogen-bond donors (Lipinski definition) is 1. The van der Waals surface area contributed by atoms with Crippen LogP contribution in [0.4, 0.5) is 0 Å². The van der Waals surface area contributed by atoms with E-state index in [1.807, 2.05) is 0 Å². The molecule has 1 aliphatic carbocycles. The van der Waals surface area contributed by atoms with Crippen molar-refractivity contribution in [2.75, 3.05) is 33.7 Å². The van der Waals surface area contributed by atoms with Gasteiger partial charge in [0.05, 0.1) is 0 Å². The topological polar surface area (TPSA) is 15.3 Å². The second kappa shape index (κ2) is 7.08. The number of hydrogen-bond acceptors (Lipinski definition) is 2. The lowest BCUT2D eigenvalue weighted by Gasteiger charge is -2.25. The highest BCUT2D eigenvalue weighted by molar-refractivity contribution is 5.06. The molecule has 1 aliphatic rings. The van der Waals surface area contributed by atoms with E-state index in [1.54, 1.807) is 5.57 Å². The largest absolute Gasteiger partial charge is 0.316 e. The summed E-state index contributed by atoms with van der Waals surface area (Å²) in [5, 5.41) is 3.60. The monoisotopic (exact) mass is 224 g/mol. The van der Waals surface area contributed by atoms with Crippen molar-refractivity contribution < 1.29 is 0 Å². The molecule has 1 N–H and O–H groups in total. The van der Waals surface area contributed by atoms with Crippen LogP contribution in [-0.4, -0.2) is 38.6 Å². The van der Waals surface area contributed by atoms with E-state index in [-0.39, 0.29) is 0 Å². The summed E-state index contributed by atoms with van der Waals surface area (Å²) in [6.07, 6.45) is 6.34. The third-order valence-electron chi connectivity index (χ3n) is 3.28. The molecule has 94 valence electrons. The molecule has 2 unspecified atom stereocenters. The standard InChI is InChI=1S/C14H28N2/c1-12-8-13(2)10-14(9-12)11-15-6-5-7-16(3)4/h8,12,14-15H,5-7,9-11H2,1-4H3. The summed E-state index contributed by atoms with van der Waals surface area (Å²) in [6.45, 7) is 8.15. The lowest BCUT2D eigenvalue weighted by atomic mass is 9.84. The van der Waals surface area contributed by atoms with E-state index in [1.165, 1.54) is 32.4 Å². The summed E-state index contributed by atoms with van der Waals surface area (Å²) in [6, 6.07) is 0. The number of allylic oxidation sites excluding steroid dienone is 2. The molecule has 0 spiro atoms. The Morgan fingerprint density at radius 3 is 2.81 bits per heavy atom. The molecule has 0 heterocycles. The van der Waals surface area contributed by atoms with Crippen LogP contribution in [0.3, 0.4) is 0 Å². The molecule has 0 aromatic rings.